The Labute approximate surface area is 93.4 Å². The first kappa shape index (κ1) is 11.4. The Morgan fingerprint density at radius 2 is 1.93 bits per heavy atom. The smallest absolute Gasteiger partial charge is 0.123 e. The van der Waals surface area contributed by atoms with Crippen molar-refractivity contribution in [2.45, 2.75) is 19.4 Å². The van der Waals surface area contributed by atoms with E-state index >= 15 is 0 Å². The minimum absolute atomic E-state index is 0.202. The standard InChI is InChI=1S/C11H15BrO2/c1-11(2,8-12)14-10-6-4-5-9(7-10)13-3/h4-7H,8H2,1-3H3. The van der Waals surface area contributed by atoms with Crippen LogP contribution in [0.25, 0.3) is 0 Å². The molecule has 0 spiro atoms. The van der Waals surface area contributed by atoms with Gasteiger partial charge >= 0.3 is 0 Å². The van der Waals surface area contributed by atoms with Crippen LogP contribution in [0.2, 0.25) is 0 Å². The average Bonchev–Trinajstić information content (AvgIpc) is 2.17. The predicted octanol–water partition coefficient (Wildman–Crippen LogP) is 3.25. The van der Waals surface area contributed by atoms with Crippen molar-refractivity contribution in [3.63, 3.8) is 0 Å². The van der Waals surface area contributed by atoms with Gasteiger partial charge in [0.15, 0.2) is 0 Å². The molecule has 0 saturated carbocycles. The molecule has 0 aliphatic carbocycles. The molecule has 3 heteroatoms. The van der Waals surface area contributed by atoms with Gasteiger partial charge in [0.25, 0.3) is 0 Å². The third-order valence-corrected chi connectivity index (χ3v) is 3.11. The molecule has 0 saturated heterocycles. The molecule has 1 aromatic carbocycles. The van der Waals surface area contributed by atoms with Gasteiger partial charge in [-0.15, -0.1) is 0 Å². The molecule has 0 amide bonds. The minimum Gasteiger partial charge on any atom is -0.497 e. The number of methoxy groups -OCH3 is 1. The Balaban J connectivity index is 2.76. The Kier molecular flexibility index (Phi) is 3.81. The fourth-order valence-corrected chi connectivity index (χ4v) is 1.13. The molecule has 0 aliphatic heterocycles. The topological polar surface area (TPSA) is 18.5 Å². The maximum atomic E-state index is 5.77. The largest absolute Gasteiger partial charge is 0.497 e. The van der Waals surface area contributed by atoms with Crippen molar-refractivity contribution in [3.05, 3.63) is 24.3 Å². The van der Waals surface area contributed by atoms with Gasteiger partial charge in [0, 0.05) is 11.4 Å². The van der Waals surface area contributed by atoms with E-state index in [1.807, 2.05) is 38.1 Å². The van der Waals surface area contributed by atoms with Gasteiger partial charge in [-0.25, -0.2) is 0 Å². The predicted molar refractivity (Wildman–Crippen MR) is 61.5 cm³/mol. The maximum absolute atomic E-state index is 5.77. The van der Waals surface area contributed by atoms with Crippen LogP contribution in [-0.4, -0.2) is 18.0 Å². The van der Waals surface area contributed by atoms with E-state index in [2.05, 4.69) is 15.9 Å². The normalized spacial score (nSPS) is 11.1. The highest BCUT2D eigenvalue weighted by molar-refractivity contribution is 9.09. The van der Waals surface area contributed by atoms with Crippen molar-refractivity contribution >= 4 is 15.9 Å². The molecular weight excluding hydrogens is 244 g/mol. The molecule has 0 heterocycles. The number of benzene rings is 1. The second-order valence-corrected chi connectivity index (χ2v) is 4.24. The number of hydrogen-bond donors (Lipinski definition) is 0. The molecule has 0 atom stereocenters. The highest BCUT2D eigenvalue weighted by Crippen LogP contribution is 2.23. The summed E-state index contributed by atoms with van der Waals surface area (Å²) in [6, 6.07) is 7.61. The van der Waals surface area contributed by atoms with Gasteiger partial charge in [-0.3, -0.25) is 0 Å². The first-order valence-corrected chi connectivity index (χ1v) is 5.58. The number of rotatable bonds is 4. The lowest BCUT2D eigenvalue weighted by Crippen LogP contribution is -2.29. The first-order chi connectivity index (χ1) is 6.57. The molecule has 14 heavy (non-hydrogen) atoms. The van der Waals surface area contributed by atoms with Crippen LogP contribution in [0, 0.1) is 0 Å². The number of halogens is 1. The van der Waals surface area contributed by atoms with Crippen LogP contribution < -0.4 is 9.47 Å². The molecule has 0 aromatic heterocycles. The van der Waals surface area contributed by atoms with E-state index in [1.165, 1.54) is 0 Å². The Bertz CT molecular complexity index is 297. The monoisotopic (exact) mass is 258 g/mol. The second kappa shape index (κ2) is 4.69. The fraction of sp³-hybridized carbons (Fsp3) is 0.455. The van der Waals surface area contributed by atoms with E-state index in [9.17, 15) is 0 Å². The average molecular weight is 259 g/mol. The molecule has 2 nitrogen and oxygen atoms in total. The maximum Gasteiger partial charge on any atom is 0.123 e. The van der Waals surface area contributed by atoms with Crippen LogP contribution in [-0.2, 0) is 0 Å². The number of ether oxygens (including phenoxy) is 2. The Morgan fingerprint density at radius 3 is 2.50 bits per heavy atom. The molecule has 1 aromatic rings. The van der Waals surface area contributed by atoms with Crippen molar-refractivity contribution in [1.82, 2.24) is 0 Å². The van der Waals surface area contributed by atoms with Crippen molar-refractivity contribution in [1.29, 1.82) is 0 Å². The molecule has 0 fully saturated rings. The van der Waals surface area contributed by atoms with Gasteiger partial charge in [-0.05, 0) is 26.0 Å². The van der Waals surface area contributed by atoms with Crippen LogP contribution in [0.15, 0.2) is 24.3 Å². The van der Waals surface area contributed by atoms with Gasteiger partial charge in [0.05, 0.1) is 7.11 Å². The summed E-state index contributed by atoms with van der Waals surface area (Å²) >= 11 is 3.41. The lowest BCUT2D eigenvalue weighted by Gasteiger charge is -2.24. The summed E-state index contributed by atoms with van der Waals surface area (Å²) in [7, 11) is 1.65. The second-order valence-electron chi connectivity index (χ2n) is 3.67. The van der Waals surface area contributed by atoms with Crippen LogP contribution in [0.3, 0.4) is 0 Å². The molecule has 1 rings (SSSR count). The molecule has 0 aliphatic rings. The van der Waals surface area contributed by atoms with Gasteiger partial charge in [-0.1, -0.05) is 22.0 Å². The Morgan fingerprint density at radius 1 is 1.29 bits per heavy atom. The molecule has 0 N–H and O–H groups in total. The zero-order valence-electron chi connectivity index (χ0n) is 8.71. The number of alkyl halides is 1. The molecule has 0 radical (unpaired) electrons. The van der Waals surface area contributed by atoms with Crippen LogP contribution in [0.4, 0.5) is 0 Å². The van der Waals surface area contributed by atoms with E-state index in [0.717, 1.165) is 16.8 Å². The first-order valence-electron chi connectivity index (χ1n) is 4.46. The van der Waals surface area contributed by atoms with Crippen molar-refractivity contribution in [2.75, 3.05) is 12.4 Å². The summed E-state index contributed by atoms with van der Waals surface area (Å²) in [6.45, 7) is 4.06. The summed E-state index contributed by atoms with van der Waals surface area (Å²) in [5.41, 5.74) is -0.202. The van der Waals surface area contributed by atoms with Gasteiger partial charge in [0.1, 0.15) is 17.1 Å². The van der Waals surface area contributed by atoms with E-state index in [1.54, 1.807) is 7.11 Å². The minimum atomic E-state index is -0.202. The lowest BCUT2D eigenvalue weighted by molar-refractivity contribution is 0.137. The summed E-state index contributed by atoms with van der Waals surface area (Å²) < 4.78 is 10.9. The molecule has 78 valence electrons. The summed E-state index contributed by atoms with van der Waals surface area (Å²) in [6.07, 6.45) is 0. The fourth-order valence-electron chi connectivity index (χ4n) is 1.01. The lowest BCUT2D eigenvalue weighted by atomic mass is 10.2. The summed E-state index contributed by atoms with van der Waals surface area (Å²) in [4.78, 5) is 0. The van der Waals surface area contributed by atoms with Crippen molar-refractivity contribution in [3.8, 4) is 11.5 Å². The highest BCUT2D eigenvalue weighted by atomic mass is 79.9. The van der Waals surface area contributed by atoms with E-state index in [-0.39, 0.29) is 5.60 Å². The van der Waals surface area contributed by atoms with E-state index in [0.29, 0.717) is 0 Å². The van der Waals surface area contributed by atoms with E-state index < -0.39 is 0 Å². The third kappa shape index (κ3) is 3.22. The SMILES string of the molecule is COc1cccc(OC(C)(C)CBr)c1. The van der Waals surface area contributed by atoms with Crippen molar-refractivity contribution in [2.24, 2.45) is 0 Å². The zero-order chi connectivity index (χ0) is 10.6. The Hall–Kier alpha value is -0.700. The summed E-state index contributed by atoms with van der Waals surface area (Å²) in [5, 5.41) is 0.789. The zero-order valence-corrected chi connectivity index (χ0v) is 10.3. The highest BCUT2D eigenvalue weighted by Gasteiger charge is 2.17. The van der Waals surface area contributed by atoms with E-state index in [4.69, 9.17) is 9.47 Å². The molecule has 0 unspecified atom stereocenters. The van der Waals surface area contributed by atoms with Crippen LogP contribution in [0.1, 0.15) is 13.8 Å². The quantitative estimate of drug-likeness (QED) is 0.773. The third-order valence-electron chi connectivity index (χ3n) is 1.76. The molecular formula is C11H15BrO2. The molecule has 0 bridgehead atoms. The van der Waals surface area contributed by atoms with Gasteiger partial charge in [0.2, 0.25) is 0 Å². The van der Waals surface area contributed by atoms with Crippen molar-refractivity contribution < 1.29 is 9.47 Å². The van der Waals surface area contributed by atoms with Gasteiger partial charge in [-0.2, -0.15) is 0 Å². The number of hydrogen-bond acceptors (Lipinski definition) is 2. The van der Waals surface area contributed by atoms with Crippen LogP contribution >= 0.6 is 15.9 Å². The summed E-state index contributed by atoms with van der Waals surface area (Å²) in [5.74, 6) is 1.64. The van der Waals surface area contributed by atoms with Gasteiger partial charge < -0.3 is 9.47 Å². The van der Waals surface area contributed by atoms with Crippen LogP contribution in [0.5, 0.6) is 11.5 Å².